The van der Waals surface area contributed by atoms with Crippen molar-refractivity contribution in [2.24, 2.45) is 5.92 Å². The number of nitrogens with one attached hydrogen (secondary N) is 1. The molecule has 2 rings (SSSR count). The molecule has 0 aliphatic carbocycles. The quantitative estimate of drug-likeness (QED) is 0.213. The second-order valence-electron chi connectivity index (χ2n) is 17.0. The zero-order valence-electron chi connectivity index (χ0n) is 33.0. The lowest BCUT2D eigenvalue weighted by atomic mass is 10.0. The summed E-state index contributed by atoms with van der Waals surface area (Å²) in [6, 6.07) is 16.9. The highest BCUT2D eigenvalue weighted by molar-refractivity contribution is 6.80. The van der Waals surface area contributed by atoms with Crippen LogP contribution in [-0.2, 0) is 36.4 Å². The molecule has 2 aromatic carbocycles. The zero-order valence-corrected chi connectivity index (χ0v) is 34.0. The van der Waals surface area contributed by atoms with Crippen LogP contribution in [0, 0.1) is 5.92 Å². The molecule has 0 aliphatic heterocycles. The van der Waals surface area contributed by atoms with Crippen LogP contribution >= 0.6 is 0 Å². The van der Waals surface area contributed by atoms with Crippen LogP contribution in [0.3, 0.4) is 0 Å². The molecule has 278 valence electrons. The van der Waals surface area contributed by atoms with Crippen molar-refractivity contribution in [1.29, 1.82) is 0 Å². The van der Waals surface area contributed by atoms with Crippen LogP contribution < -0.4 is 5.32 Å². The van der Waals surface area contributed by atoms with E-state index in [0.29, 0.717) is 5.92 Å². The number of likely N-dealkylation sites (N-methyl/N-ethyl adjacent to an activating group) is 2. The Bertz CT molecular complexity index is 1410. The van der Waals surface area contributed by atoms with Crippen molar-refractivity contribution in [1.82, 2.24) is 15.1 Å². The molecule has 50 heavy (non-hydrogen) atoms. The lowest BCUT2D eigenvalue weighted by Gasteiger charge is -2.51. The molecule has 1 N–H and O–H groups in total. The first-order chi connectivity index (χ1) is 22.9. The van der Waals surface area contributed by atoms with E-state index >= 15 is 0 Å². The fourth-order valence-corrected chi connectivity index (χ4v) is 12.5. The predicted molar refractivity (Wildman–Crippen MR) is 203 cm³/mol. The molecule has 0 bridgehead atoms. The van der Waals surface area contributed by atoms with Crippen LogP contribution in [0.15, 0.2) is 60.7 Å². The molecule has 0 unspecified atom stereocenters. The van der Waals surface area contributed by atoms with Crippen molar-refractivity contribution in [3.63, 3.8) is 0 Å². The summed E-state index contributed by atoms with van der Waals surface area (Å²) in [5.41, 5.74) is 0.985. The first kappa shape index (κ1) is 42.5. The lowest BCUT2D eigenvalue weighted by molar-refractivity contribution is -0.152. The summed E-state index contributed by atoms with van der Waals surface area (Å²) in [6.45, 7) is 24.0. The summed E-state index contributed by atoms with van der Waals surface area (Å²) in [6.07, 6.45) is -0.282. The van der Waals surface area contributed by atoms with Gasteiger partial charge >= 0.3 is 12.1 Å². The van der Waals surface area contributed by atoms with E-state index in [-0.39, 0.29) is 22.9 Å². The predicted octanol–water partition coefficient (Wildman–Crippen LogP) is 7.78. The van der Waals surface area contributed by atoms with E-state index in [1.54, 1.807) is 41.8 Å². The van der Waals surface area contributed by atoms with Gasteiger partial charge in [0.1, 0.15) is 23.7 Å². The number of nitrogens with zero attached hydrogens (tertiary/aromatic N) is 2. The number of alkyl carbamates (subject to hydrolysis) is 1. The van der Waals surface area contributed by atoms with Crippen molar-refractivity contribution in [2.75, 3.05) is 14.1 Å². The average Bonchev–Trinajstić information content (AvgIpc) is 2.99. The molecule has 0 saturated heterocycles. The summed E-state index contributed by atoms with van der Waals surface area (Å²) in [4.78, 5) is 58.6. The summed E-state index contributed by atoms with van der Waals surface area (Å²) in [7, 11) is 0.310. The van der Waals surface area contributed by atoms with Crippen molar-refractivity contribution < 1.29 is 28.3 Å². The summed E-state index contributed by atoms with van der Waals surface area (Å²) < 4.78 is 12.2. The number of rotatable bonds is 13. The molecule has 0 saturated carbocycles. The number of amides is 3. The lowest BCUT2D eigenvalue weighted by Crippen LogP contribution is -2.60. The normalized spacial score (nSPS) is 14.3. The topological polar surface area (TPSA) is 105 Å². The van der Waals surface area contributed by atoms with Gasteiger partial charge in [0, 0.05) is 26.9 Å². The van der Waals surface area contributed by atoms with Gasteiger partial charge in [-0.15, -0.1) is 0 Å². The summed E-state index contributed by atoms with van der Waals surface area (Å²) in [5, 5.41) is 2.03. The molecular weight excluding hydrogens is 647 g/mol. The standard InChI is InChI=1S/C40H63N3O6Si/c1-28(2)27-50(39(7,8)9,40(10,11)12)49-36(46)33(26-31-23-19-16-20-24-31)43(14)35(45)32(25-30-21-17-15-18-22-30)42(13)34(44)29(3)41-37(47)48-38(4,5)6/h15-24,28-29,32-33H,25-27H2,1-14H3,(H,41,47)/t29-,32-,33-/m0/s1. The van der Waals surface area contributed by atoms with Gasteiger partial charge in [0.25, 0.3) is 8.32 Å². The Morgan fingerprint density at radius 1 is 0.680 bits per heavy atom. The maximum Gasteiger partial charge on any atom is 0.408 e. The molecule has 0 spiro atoms. The first-order valence-electron chi connectivity index (χ1n) is 17.7. The Kier molecular flexibility index (Phi) is 14.5. The highest BCUT2D eigenvalue weighted by atomic mass is 28.4. The number of carbonyl (C=O) groups is 4. The van der Waals surface area contributed by atoms with Gasteiger partial charge in [0.05, 0.1) is 0 Å². The van der Waals surface area contributed by atoms with Crippen LogP contribution in [0.25, 0.3) is 0 Å². The molecule has 0 radical (unpaired) electrons. The van der Waals surface area contributed by atoms with Gasteiger partial charge in [-0.25, -0.2) is 4.79 Å². The molecule has 0 aromatic heterocycles. The SMILES string of the molecule is CC(C)C[Si](OC(=O)[C@H](Cc1ccccc1)N(C)C(=O)[C@H](Cc1ccccc1)N(C)C(=O)[C@H](C)NC(=O)OC(C)(C)C)(C(C)(C)C)C(C)(C)C. The molecule has 3 atom stereocenters. The van der Waals surface area contributed by atoms with Gasteiger partial charge in [-0.3, -0.25) is 14.4 Å². The molecular formula is C40H63N3O6Si. The zero-order chi connectivity index (χ0) is 38.2. The van der Waals surface area contributed by atoms with Crippen molar-refractivity contribution in [3.8, 4) is 0 Å². The van der Waals surface area contributed by atoms with Crippen LogP contribution in [0.2, 0.25) is 16.1 Å². The van der Waals surface area contributed by atoms with Crippen molar-refractivity contribution in [3.05, 3.63) is 71.8 Å². The number of carbonyl (C=O) groups excluding carboxylic acids is 4. The maximum atomic E-state index is 14.7. The van der Waals surface area contributed by atoms with Gasteiger partial charge in [0.15, 0.2) is 0 Å². The fraction of sp³-hybridized carbons (Fsp3) is 0.600. The summed E-state index contributed by atoms with van der Waals surface area (Å²) in [5.74, 6) is -1.01. The van der Waals surface area contributed by atoms with E-state index in [2.05, 4.69) is 60.7 Å². The van der Waals surface area contributed by atoms with E-state index in [1.165, 1.54) is 9.80 Å². The van der Waals surface area contributed by atoms with Gasteiger partial charge in [0.2, 0.25) is 11.8 Å². The molecule has 0 heterocycles. The highest BCUT2D eigenvalue weighted by Gasteiger charge is 2.58. The Hall–Kier alpha value is -3.66. The average molecular weight is 710 g/mol. The number of benzene rings is 2. The summed E-state index contributed by atoms with van der Waals surface area (Å²) >= 11 is 0. The van der Waals surface area contributed by atoms with Crippen LogP contribution in [0.1, 0.15) is 94.2 Å². The number of hydrogen-bond acceptors (Lipinski definition) is 6. The van der Waals surface area contributed by atoms with Crippen LogP contribution in [0.5, 0.6) is 0 Å². The van der Waals surface area contributed by atoms with E-state index in [0.717, 1.165) is 17.2 Å². The number of ether oxygens (including phenoxy) is 1. The molecule has 0 fully saturated rings. The molecule has 2 aromatic rings. The van der Waals surface area contributed by atoms with Crippen molar-refractivity contribution >= 4 is 32.2 Å². The third-order valence-electron chi connectivity index (χ3n) is 9.23. The van der Waals surface area contributed by atoms with E-state index in [9.17, 15) is 19.2 Å². The molecule has 9 nitrogen and oxygen atoms in total. The first-order valence-corrected chi connectivity index (χ1v) is 19.8. The fourth-order valence-electron chi connectivity index (χ4n) is 6.74. The van der Waals surface area contributed by atoms with E-state index < -0.39 is 55.9 Å². The Balaban J connectivity index is 2.60. The van der Waals surface area contributed by atoms with E-state index in [4.69, 9.17) is 9.16 Å². The molecule has 0 aliphatic rings. The van der Waals surface area contributed by atoms with Gasteiger partial charge < -0.3 is 24.3 Å². The second kappa shape index (κ2) is 17.0. The number of hydrogen-bond donors (Lipinski definition) is 1. The minimum absolute atomic E-state index is 0.203. The molecule has 3 amide bonds. The second-order valence-corrected chi connectivity index (χ2v) is 22.3. The van der Waals surface area contributed by atoms with Gasteiger partial charge in [-0.2, -0.15) is 0 Å². The minimum atomic E-state index is -2.87. The third-order valence-corrected chi connectivity index (χ3v) is 16.0. The van der Waals surface area contributed by atoms with Gasteiger partial charge in [-0.05, 0) is 60.9 Å². The smallest absolute Gasteiger partial charge is 0.408 e. The minimum Gasteiger partial charge on any atom is -0.516 e. The Morgan fingerprint density at radius 3 is 1.50 bits per heavy atom. The third kappa shape index (κ3) is 11.4. The largest absolute Gasteiger partial charge is 0.516 e. The highest BCUT2D eigenvalue weighted by Crippen LogP contribution is 2.55. The monoisotopic (exact) mass is 709 g/mol. The van der Waals surface area contributed by atoms with Crippen molar-refractivity contribution in [2.45, 2.75) is 136 Å². The molecule has 10 heteroatoms. The maximum absolute atomic E-state index is 14.7. The van der Waals surface area contributed by atoms with Crippen LogP contribution in [-0.4, -0.2) is 79.8 Å². The Labute approximate surface area is 302 Å². The van der Waals surface area contributed by atoms with Crippen LogP contribution in [0.4, 0.5) is 4.79 Å². The Morgan fingerprint density at radius 2 is 1.10 bits per heavy atom. The van der Waals surface area contributed by atoms with Gasteiger partial charge in [-0.1, -0.05) is 116 Å². The van der Waals surface area contributed by atoms with E-state index in [1.807, 2.05) is 60.7 Å².